The second kappa shape index (κ2) is 6.16. The van der Waals surface area contributed by atoms with Gasteiger partial charge in [-0.3, -0.25) is 14.4 Å². The molecular formula is C19H20FN3O4. The van der Waals surface area contributed by atoms with Crippen LogP contribution in [0.15, 0.2) is 29.2 Å². The van der Waals surface area contributed by atoms with Crippen molar-refractivity contribution in [2.75, 3.05) is 33.2 Å². The first kappa shape index (κ1) is 17.7. The van der Waals surface area contributed by atoms with Gasteiger partial charge in [-0.2, -0.15) is 0 Å². The molecular weight excluding hydrogens is 353 g/mol. The monoisotopic (exact) mass is 373 g/mol. The summed E-state index contributed by atoms with van der Waals surface area (Å²) in [7, 11) is 1.87. The molecule has 7 nitrogen and oxygen atoms in total. The highest BCUT2D eigenvalue weighted by atomic mass is 19.1. The number of H-pyrrole nitrogens is 1. The fourth-order valence-corrected chi connectivity index (χ4v) is 4.47. The molecule has 0 spiro atoms. The molecule has 1 amide bonds. The summed E-state index contributed by atoms with van der Waals surface area (Å²) in [6.07, 6.45) is 1.91. The average Bonchev–Trinajstić information content (AvgIpc) is 3.02. The first-order valence-electron chi connectivity index (χ1n) is 8.84. The van der Waals surface area contributed by atoms with E-state index in [2.05, 4.69) is 4.98 Å². The number of aromatic nitrogens is 1. The Balaban J connectivity index is 1.70. The number of aliphatic carboxylic acids is 1. The highest BCUT2D eigenvalue weighted by molar-refractivity contribution is 5.98. The van der Waals surface area contributed by atoms with Crippen molar-refractivity contribution < 1.29 is 19.1 Å². The number of rotatable bonds is 2. The van der Waals surface area contributed by atoms with Crippen LogP contribution >= 0.6 is 0 Å². The van der Waals surface area contributed by atoms with E-state index in [1.165, 1.54) is 29.3 Å². The highest BCUT2D eigenvalue weighted by Crippen LogP contribution is 2.42. The van der Waals surface area contributed by atoms with Gasteiger partial charge < -0.3 is 19.9 Å². The van der Waals surface area contributed by atoms with Gasteiger partial charge in [0.2, 0.25) is 5.43 Å². The van der Waals surface area contributed by atoms with E-state index in [0.717, 1.165) is 6.54 Å². The summed E-state index contributed by atoms with van der Waals surface area (Å²) < 4.78 is 13.8. The fraction of sp³-hybridized carbons (Fsp3) is 0.421. The molecule has 8 heteroatoms. The number of fused-ring (bicyclic) bond motifs is 2. The van der Waals surface area contributed by atoms with Crippen molar-refractivity contribution in [1.82, 2.24) is 14.8 Å². The van der Waals surface area contributed by atoms with Gasteiger partial charge in [-0.25, -0.2) is 4.39 Å². The van der Waals surface area contributed by atoms with Crippen molar-refractivity contribution in [3.63, 3.8) is 0 Å². The van der Waals surface area contributed by atoms with E-state index < -0.39 is 28.5 Å². The lowest BCUT2D eigenvalue weighted by atomic mass is 9.73. The number of carboxylic acid groups (broad SMARTS) is 1. The number of halogens is 1. The third-order valence-electron chi connectivity index (χ3n) is 5.91. The van der Waals surface area contributed by atoms with Crippen molar-refractivity contribution in [3.05, 3.63) is 46.0 Å². The fourth-order valence-electron chi connectivity index (χ4n) is 4.47. The summed E-state index contributed by atoms with van der Waals surface area (Å²) >= 11 is 0. The molecule has 142 valence electrons. The minimum Gasteiger partial charge on any atom is -0.481 e. The number of hydrogen-bond donors (Lipinski definition) is 2. The topological polar surface area (TPSA) is 93.7 Å². The van der Waals surface area contributed by atoms with E-state index >= 15 is 0 Å². The zero-order valence-corrected chi connectivity index (χ0v) is 14.9. The minimum atomic E-state index is -1.02. The van der Waals surface area contributed by atoms with Gasteiger partial charge in [-0.05, 0) is 38.1 Å². The van der Waals surface area contributed by atoms with E-state index in [1.54, 1.807) is 0 Å². The number of likely N-dealkylation sites (tertiary alicyclic amines) is 2. The number of para-hydroxylation sites is 1. The molecule has 0 aliphatic carbocycles. The van der Waals surface area contributed by atoms with Gasteiger partial charge in [0.05, 0.1) is 5.52 Å². The second-order valence-electron chi connectivity index (χ2n) is 7.56. The number of nitrogens with zero attached hydrogens (tertiary/aromatic N) is 2. The zero-order valence-electron chi connectivity index (χ0n) is 14.9. The van der Waals surface area contributed by atoms with Crippen molar-refractivity contribution in [2.45, 2.75) is 6.42 Å². The maximum Gasteiger partial charge on any atom is 0.313 e. The summed E-state index contributed by atoms with van der Waals surface area (Å²) in [6, 6.07) is 4.12. The average molecular weight is 373 g/mol. The molecule has 0 bridgehead atoms. The molecule has 0 saturated carbocycles. The normalized spacial score (nSPS) is 25.6. The Hall–Kier alpha value is -2.74. The van der Waals surface area contributed by atoms with Crippen molar-refractivity contribution in [2.24, 2.45) is 11.3 Å². The number of aromatic amines is 1. The molecule has 2 aliphatic rings. The van der Waals surface area contributed by atoms with Crippen LogP contribution < -0.4 is 5.43 Å². The lowest BCUT2D eigenvalue weighted by Crippen LogP contribution is -2.52. The van der Waals surface area contributed by atoms with Crippen LogP contribution in [0.25, 0.3) is 10.9 Å². The summed E-state index contributed by atoms with van der Waals surface area (Å²) in [6.45, 7) is 1.52. The highest BCUT2D eigenvalue weighted by Gasteiger charge is 2.55. The lowest BCUT2D eigenvalue weighted by Gasteiger charge is -2.39. The Bertz CT molecular complexity index is 1000. The van der Waals surface area contributed by atoms with Crippen molar-refractivity contribution in [1.29, 1.82) is 0 Å². The number of benzene rings is 1. The van der Waals surface area contributed by atoms with E-state index in [9.17, 15) is 23.9 Å². The Morgan fingerprint density at radius 1 is 1.33 bits per heavy atom. The minimum absolute atomic E-state index is 0.0535. The summed E-state index contributed by atoms with van der Waals surface area (Å²) in [5, 5.41) is 9.94. The van der Waals surface area contributed by atoms with Crippen LogP contribution in [-0.2, 0) is 4.79 Å². The van der Waals surface area contributed by atoms with Gasteiger partial charge in [0.1, 0.15) is 16.8 Å². The van der Waals surface area contributed by atoms with Crippen molar-refractivity contribution in [3.8, 4) is 0 Å². The number of carbonyl (C=O) groups is 2. The molecule has 2 saturated heterocycles. The van der Waals surface area contributed by atoms with Gasteiger partial charge in [0, 0.05) is 31.2 Å². The third-order valence-corrected chi connectivity index (χ3v) is 5.91. The van der Waals surface area contributed by atoms with Crippen LogP contribution in [0.3, 0.4) is 0 Å². The van der Waals surface area contributed by atoms with Crippen LogP contribution in [0.4, 0.5) is 4.39 Å². The number of nitrogens with one attached hydrogen (secondary N) is 1. The molecule has 1 aromatic carbocycles. The number of hydrogen-bond acceptors (Lipinski definition) is 4. The van der Waals surface area contributed by atoms with E-state index in [-0.39, 0.29) is 28.9 Å². The molecule has 2 atom stereocenters. The molecule has 2 aliphatic heterocycles. The number of pyridine rings is 1. The van der Waals surface area contributed by atoms with Crippen molar-refractivity contribution >= 4 is 22.8 Å². The SMILES string of the molecule is CN1CC[C@H]2CN(C(=O)c3c[nH]c4c(F)cccc4c3=O)C[C@@]2(C(=O)O)C1. The number of carboxylic acids is 1. The number of amides is 1. The van der Waals surface area contributed by atoms with E-state index in [4.69, 9.17) is 0 Å². The lowest BCUT2D eigenvalue weighted by molar-refractivity contribution is -0.153. The molecule has 3 heterocycles. The molecule has 2 fully saturated rings. The Labute approximate surface area is 154 Å². The maximum absolute atomic E-state index is 13.8. The third kappa shape index (κ3) is 2.63. The smallest absolute Gasteiger partial charge is 0.313 e. The van der Waals surface area contributed by atoms with Gasteiger partial charge in [-0.1, -0.05) is 6.07 Å². The van der Waals surface area contributed by atoms with Gasteiger partial charge in [0.25, 0.3) is 5.91 Å². The standard InChI is InChI=1S/C19H20FN3O4/c1-22-6-5-11-8-23(10-19(11,9-22)18(26)27)17(25)13-7-21-15-12(16(13)24)3-2-4-14(15)20/h2-4,7,11H,5-6,8-10H2,1H3,(H,21,24)(H,26,27)/t11-,19-/m0/s1. The largest absolute Gasteiger partial charge is 0.481 e. The van der Waals surface area contributed by atoms with E-state index in [1.807, 2.05) is 11.9 Å². The van der Waals surface area contributed by atoms with Gasteiger partial charge >= 0.3 is 5.97 Å². The maximum atomic E-state index is 13.8. The first-order chi connectivity index (χ1) is 12.8. The van der Waals surface area contributed by atoms with Crippen LogP contribution in [0, 0.1) is 17.2 Å². The Kier molecular flexibility index (Phi) is 4.03. The zero-order chi connectivity index (χ0) is 19.3. The van der Waals surface area contributed by atoms with Crippen LogP contribution in [0.5, 0.6) is 0 Å². The summed E-state index contributed by atoms with van der Waals surface area (Å²) in [4.78, 5) is 43.8. The molecule has 27 heavy (non-hydrogen) atoms. The van der Waals surface area contributed by atoms with Gasteiger partial charge in [-0.15, -0.1) is 0 Å². The summed E-state index contributed by atoms with van der Waals surface area (Å²) in [5.41, 5.74) is -1.61. The molecule has 4 rings (SSSR count). The summed E-state index contributed by atoms with van der Waals surface area (Å²) in [5.74, 6) is -2.14. The molecule has 0 radical (unpaired) electrons. The van der Waals surface area contributed by atoms with E-state index in [0.29, 0.717) is 19.5 Å². The predicted molar refractivity (Wildman–Crippen MR) is 96.1 cm³/mol. The number of carbonyl (C=O) groups excluding carboxylic acids is 1. The Morgan fingerprint density at radius 2 is 2.11 bits per heavy atom. The van der Waals surface area contributed by atoms with Crippen LogP contribution in [-0.4, -0.2) is 65.0 Å². The first-order valence-corrected chi connectivity index (χ1v) is 8.84. The number of piperidine rings is 1. The second-order valence-corrected chi connectivity index (χ2v) is 7.56. The Morgan fingerprint density at radius 3 is 2.85 bits per heavy atom. The molecule has 2 N–H and O–H groups in total. The van der Waals surface area contributed by atoms with Gasteiger partial charge in [0.15, 0.2) is 0 Å². The quantitative estimate of drug-likeness (QED) is 0.824. The molecule has 1 aromatic heterocycles. The predicted octanol–water partition coefficient (Wildman–Crippen LogP) is 1.15. The molecule has 2 aromatic rings. The molecule has 0 unspecified atom stereocenters. The van der Waals surface area contributed by atoms with Crippen LogP contribution in [0.2, 0.25) is 0 Å². The van der Waals surface area contributed by atoms with Crippen LogP contribution in [0.1, 0.15) is 16.8 Å².